The first-order valence-electron chi connectivity index (χ1n) is 8.11. The molecular weight excluding hydrogens is 318 g/mol. The van der Waals surface area contributed by atoms with Crippen LogP contribution in [-0.4, -0.2) is 25.9 Å². The molecule has 0 radical (unpaired) electrons. The van der Waals surface area contributed by atoms with Gasteiger partial charge < -0.3 is 14.8 Å². The lowest BCUT2D eigenvalue weighted by Gasteiger charge is -2.15. The summed E-state index contributed by atoms with van der Waals surface area (Å²) in [6.07, 6.45) is 0.716. The second kappa shape index (κ2) is 8.33. The molecule has 0 fully saturated rings. The van der Waals surface area contributed by atoms with Crippen LogP contribution in [0.2, 0.25) is 0 Å². The zero-order valence-corrected chi connectivity index (χ0v) is 15.0. The first-order valence-corrected chi connectivity index (χ1v) is 8.11. The van der Waals surface area contributed by atoms with Gasteiger partial charge in [-0.1, -0.05) is 26.0 Å². The average molecular weight is 341 g/mol. The highest BCUT2D eigenvalue weighted by Crippen LogP contribution is 2.28. The summed E-state index contributed by atoms with van der Waals surface area (Å²) in [5, 5.41) is 2.72. The second-order valence-electron chi connectivity index (χ2n) is 6.11. The largest absolute Gasteiger partial charge is 0.495 e. The van der Waals surface area contributed by atoms with Gasteiger partial charge in [0.1, 0.15) is 17.8 Å². The fourth-order valence-corrected chi connectivity index (χ4v) is 2.47. The molecule has 0 aromatic heterocycles. The molecule has 0 unspecified atom stereocenters. The van der Waals surface area contributed by atoms with Crippen molar-refractivity contribution < 1.29 is 19.1 Å². The van der Waals surface area contributed by atoms with Crippen molar-refractivity contribution >= 4 is 17.9 Å². The summed E-state index contributed by atoms with van der Waals surface area (Å²) in [6, 6.07) is 10.8. The van der Waals surface area contributed by atoms with Crippen LogP contribution in [0.4, 0.5) is 5.69 Å². The topological polar surface area (TPSA) is 64.6 Å². The maximum absolute atomic E-state index is 12.2. The van der Waals surface area contributed by atoms with Gasteiger partial charge in [0.2, 0.25) is 0 Å². The Morgan fingerprint density at radius 1 is 1.16 bits per heavy atom. The van der Waals surface area contributed by atoms with Crippen LogP contribution in [0.25, 0.3) is 0 Å². The number of hydrogen-bond donors (Lipinski definition) is 1. The molecule has 0 aliphatic rings. The van der Waals surface area contributed by atoms with Crippen molar-refractivity contribution in [2.24, 2.45) is 0 Å². The van der Waals surface area contributed by atoms with Crippen molar-refractivity contribution in [2.75, 3.05) is 19.0 Å². The van der Waals surface area contributed by atoms with Gasteiger partial charge in [-0.2, -0.15) is 0 Å². The van der Waals surface area contributed by atoms with Gasteiger partial charge in [-0.15, -0.1) is 0 Å². The van der Waals surface area contributed by atoms with Crippen LogP contribution >= 0.6 is 0 Å². The number of hydrogen-bond acceptors (Lipinski definition) is 4. The number of methoxy groups -OCH3 is 1. The molecule has 2 rings (SSSR count). The van der Waals surface area contributed by atoms with Gasteiger partial charge in [0, 0.05) is 5.56 Å². The molecule has 0 heterocycles. The third-order valence-electron chi connectivity index (χ3n) is 3.78. The Bertz CT molecular complexity index is 768. The smallest absolute Gasteiger partial charge is 0.262 e. The molecule has 0 bridgehead atoms. The van der Waals surface area contributed by atoms with Gasteiger partial charge in [0.15, 0.2) is 6.61 Å². The fraction of sp³-hybridized carbons (Fsp3) is 0.300. The highest BCUT2D eigenvalue weighted by molar-refractivity contribution is 5.94. The molecule has 25 heavy (non-hydrogen) atoms. The number of nitrogens with one attached hydrogen (secondary N) is 1. The first kappa shape index (κ1) is 18.5. The van der Waals surface area contributed by atoms with Gasteiger partial charge in [-0.3, -0.25) is 9.59 Å². The number of carbonyl (C=O) groups excluding carboxylic acids is 2. The second-order valence-corrected chi connectivity index (χ2v) is 6.11. The highest BCUT2D eigenvalue weighted by Gasteiger charge is 2.12. The first-order chi connectivity index (χ1) is 11.9. The minimum Gasteiger partial charge on any atom is -0.495 e. The van der Waals surface area contributed by atoms with Crippen molar-refractivity contribution in [2.45, 2.75) is 26.7 Å². The Morgan fingerprint density at radius 3 is 2.56 bits per heavy atom. The van der Waals surface area contributed by atoms with Crippen molar-refractivity contribution in [3.05, 3.63) is 53.1 Å². The van der Waals surface area contributed by atoms with Crippen LogP contribution < -0.4 is 14.8 Å². The van der Waals surface area contributed by atoms with E-state index in [1.54, 1.807) is 18.2 Å². The minimum absolute atomic E-state index is 0.127. The summed E-state index contributed by atoms with van der Waals surface area (Å²) in [5.74, 6) is 1.16. The molecular formula is C20H23NO4. The Hall–Kier alpha value is -2.82. The van der Waals surface area contributed by atoms with E-state index in [1.807, 2.05) is 25.1 Å². The fourth-order valence-electron chi connectivity index (χ4n) is 2.47. The van der Waals surface area contributed by atoms with E-state index >= 15 is 0 Å². The molecule has 132 valence electrons. The maximum Gasteiger partial charge on any atom is 0.262 e. The molecule has 1 amide bonds. The number of aryl methyl sites for hydroxylation is 1. The monoisotopic (exact) mass is 341 g/mol. The zero-order chi connectivity index (χ0) is 18.4. The van der Waals surface area contributed by atoms with Crippen molar-refractivity contribution in [1.29, 1.82) is 0 Å². The summed E-state index contributed by atoms with van der Waals surface area (Å²) in [6.45, 7) is 6.01. The normalized spacial score (nSPS) is 10.4. The number of benzene rings is 2. The summed E-state index contributed by atoms with van der Waals surface area (Å²) in [5.41, 5.74) is 3.02. The van der Waals surface area contributed by atoms with E-state index in [9.17, 15) is 9.59 Å². The Labute approximate surface area is 148 Å². The zero-order valence-electron chi connectivity index (χ0n) is 15.0. The van der Waals surface area contributed by atoms with Gasteiger partial charge in [-0.25, -0.2) is 0 Å². The van der Waals surface area contributed by atoms with Crippen LogP contribution in [0.15, 0.2) is 36.4 Å². The predicted molar refractivity (Wildman–Crippen MR) is 97.8 cm³/mol. The molecule has 0 saturated carbocycles. The lowest BCUT2D eigenvalue weighted by atomic mass is 10.0. The Kier molecular flexibility index (Phi) is 6.17. The van der Waals surface area contributed by atoms with Gasteiger partial charge >= 0.3 is 0 Å². The quantitative estimate of drug-likeness (QED) is 0.774. The highest BCUT2D eigenvalue weighted by atomic mass is 16.5. The summed E-state index contributed by atoms with van der Waals surface area (Å²) in [7, 11) is 1.50. The molecule has 0 aliphatic heterocycles. The van der Waals surface area contributed by atoms with Crippen LogP contribution in [0.1, 0.15) is 41.3 Å². The number of anilines is 1. The van der Waals surface area contributed by atoms with Crippen molar-refractivity contribution in [3.8, 4) is 11.5 Å². The van der Waals surface area contributed by atoms with Crippen molar-refractivity contribution in [1.82, 2.24) is 0 Å². The summed E-state index contributed by atoms with van der Waals surface area (Å²) >= 11 is 0. The van der Waals surface area contributed by atoms with Crippen LogP contribution in [0.3, 0.4) is 0 Å². The van der Waals surface area contributed by atoms with E-state index in [2.05, 4.69) is 19.2 Å². The van der Waals surface area contributed by atoms with E-state index in [0.717, 1.165) is 11.1 Å². The van der Waals surface area contributed by atoms with Gasteiger partial charge in [-0.05, 0) is 48.2 Å². The predicted octanol–water partition coefficient (Wildman–Crippen LogP) is 3.96. The lowest BCUT2D eigenvalue weighted by molar-refractivity contribution is -0.118. The molecule has 2 aromatic rings. The molecule has 0 spiro atoms. The van der Waals surface area contributed by atoms with E-state index in [-0.39, 0.29) is 12.5 Å². The number of ether oxygens (including phenoxy) is 2. The number of aldehydes is 1. The standard InChI is InChI=1S/C20H23NO4/c1-13(2)16-7-5-14(3)9-19(16)25-12-20(23)21-17-10-15(11-22)6-8-18(17)24-4/h5-11,13H,12H2,1-4H3,(H,21,23). The van der Waals surface area contributed by atoms with E-state index in [1.165, 1.54) is 7.11 Å². The summed E-state index contributed by atoms with van der Waals surface area (Å²) in [4.78, 5) is 23.1. The van der Waals surface area contributed by atoms with Gasteiger partial charge in [0.05, 0.1) is 12.8 Å². The Morgan fingerprint density at radius 2 is 1.92 bits per heavy atom. The SMILES string of the molecule is COc1ccc(C=O)cc1NC(=O)COc1cc(C)ccc1C(C)C. The number of amides is 1. The molecule has 5 heteroatoms. The van der Waals surface area contributed by atoms with E-state index < -0.39 is 0 Å². The molecule has 2 aromatic carbocycles. The van der Waals surface area contributed by atoms with E-state index in [0.29, 0.717) is 35.0 Å². The third kappa shape index (κ3) is 4.83. The van der Waals surface area contributed by atoms with Crippen LogP contribution in [0.5, 0.6) is 11.5 Å². The van der Waals surface area contributed by atoms with E-state index in [4.69, 9.17) is 9.47 Å². The van der Waals surface area contributed by atoms with Crippen molar-refractivity contribution in [3.63, 3.8) is 0 Å². The third-order valence-corrected chi connectivity index (χ3v) is 3.78. The number of carbonyl (C=O) groups is 2. The Balaban J connectivity index is 2.09. The number of rotatable bonds is 7. The maximum atomic E-state index is 12.2. The molecule has 1 N–H and O–H groups in total. The van der Waals surface area contributed by atoms with Crippen LogP contribution in [0, 0.1) is 6.92 Å². The molecule has 0 aliphatic carbocycles. The van der Waals surface area contributed by atoms with Crippen LogP contribution in [-0.2, 0) is 4.79 Å². The lowest BCUT2D eigenvalue weighted by Crippen LogP contribution is -2.21. The molecule has 5 nitrogen and oxygen atoms in total. The molecule has 0 saturated heterocycles. The molecule has 0 atom stereocenters. The minimum atomic E-state index is -0.322. The summed E-state index contributed by atoms with van der Waals surface area (Å²) < 4.78 is 10.9. The van der Waals surface area contributed by atoms with Gasteiger partial charge in [0.25, 0.3) is 5.91 Å². The average Bonchev–Trinajstić information content (AvgIpc) is 2.59.